The van der Waals surface area contributed by atoms with E-state index in [0.29, 0.717) is 28.3 Å². The molecule has 2 aliphatic heterocycles. The van der Waals surface area contributed by atoms with Gasteiger partial charge >= 0.3 is 0 Å². The molecule has 6 rings (SSSR count). The molecule has 8 bridgehead atoms. The van der Waals surface area contributed by atoms with Crippen LogP contribution in [0.4, 0.5) is 0 Å². The number of hydrogen-bond donors (Lipinski definition) is 1. The summed E-state index contributed by atoms with van der Waals surface area (Å²) >= 11 is 0. The number of fused-ring (bicyclic) bond motifs is 8. The standard InChI is InChI=1S/C30H26N4O4.Co/c1-35-25-17-23-15-21-11-10-19(31-21)14-20-12-13-22(32-20)16-24-26(18-8-6-5-7-9-18)29(36-2)28(34(24)38-4)30(37-3)27(25)33-23;/h5-17,33H,1-4H3;. The van der Waals surface area contributed by atoms with Crippen molar-refractivity contribution in [1.82, 2.24) is 19.7 Å². The summed E-state index contributed by atoms with van der Waals surface area (Å²) in [4.78, 5) is 19.0. The zero-order chi connectivity index (χ0) is 26.2. The number of nitrogens with one attached hydrogen (secondary N) is 1. The summed E-state index contributed by atoms with van der Waals surface area (Å²) in [7, 11) is 6.49. The largest absolute Gasteiger partial charge is 0.494 e. The van der Waals surface area contributed by atoms with Gasteiger partial charge in [0, 0.05) is 28.4 Å². The topological polar surface area (TPSA) is 83.4 Å². The van der Waals surface area contributed by atoms with Crippen LogP contribution < -0.4 is 19.0 Å². The molecule has 2 aliphatic rings. The van der Waals surface area contributed by atoms with Gasteiger partial charge in [-0.25, -0.2) is 9.97 Å². The first-order valence-electron chi connectivity index (χ1n) is 12.1. The van der Waals surface area contributed by atoms with Crippen LogP contribution in [0.5, 0.6) is 17.2 Å². The molecule has 0 amide bonds. The summed E-state index contributed by atoms with van der Waals surface area (Å²) < 4.78 is 19.5. The van der Waals surface area contributed by atoms with Crippen molar-refractivity contribution in [2.75, 3.05) is 28.4 Å². The van der Waals surface area contributed by atoms with Gasteiger partial charge in [0.15, 0.2) is 17.0 Å². The van der Waals surface area contributed by atoms with Crippen LogP contribution in [0.3, 0.4) is 0 Å². The van der Waals surface area contributed by atoms with Crippen molar-refractivity contribution in [3.05, 3.63) is 77.4 Å². The van der Waals surface area contributed by atoms with Gasteiger partial charge < -0.3 is 24.0 Å². The van der Waals surface area contributed by atoms with Crippen molar-refractivity contribution in [3.63, 3.8) is 0 Å². The number of benzene rings is 1. The maximum atomic E-state index is 6.06. The van der Waals surface area contributed by atoms with E-state index in [1.807, 2.05) is 78.9 Å². The molecule has 0 fully saturated rings. The van der Waals surface area contributed by atoms with Crippen LogP contribution in [0.15, 0.2) is 54.6 Å². The number of ether oxygens (including phenoxy) is 3. The molecule has 8 nitrogen and oxygen atoms in total. The Bertz CT molecular complexity index is 1770. The number of aromatic amines is 1. The third kappa shape index (κ3) is 4.56. The molecule has 0 atom stereocenters. The van der Waals surface area contributed by atoms with Crippen molar-refractivity contribution in [2.24, 2.45) is 0 Å². The number of aromatic nitrogens is 4. The second-order valence-corrected chi connectivity index (χ2v) is 8.71. The molecule has 0 saturated carbocycles. The smallest absolute Gasteiger partial charge is 0.177 e. The molecule has 5 heterocycles. The minimum Gasteiger partial charge on any atom is -0.494 e. The summed E-state index contributed by atoms with van der Waals surface area (Å²) in [5.74, 6) is 1.69. The van der Waals surface area contributed by atoms with Gasteiger partial charge in [-0.15, -0.1) is 0 Å². The van der Waals surface area contributed by atoms with E-state index in [2.05, 4.69) is 4.98 Å². The average molecular weight is 565 g/mol. The SMILES string of the molecule is COc1cc2cc3nc(cc4nc(cc5c(-c6ccccc6)c(OC)c(c(OC)c1[nH]2)n5OC)C=C4)C=C3.[Co]. The molecular formula is C30H26CoN4O4. The second kappa shape index (κ2) is 10.7. The van der Waals surface area contributed by atoms with Gasteiger partial charge in [0.1, 0.15) is 18.4 Å². The Balaban J connectivity index is 0.00000308. The van der Waals surface area contributed by atoms with E-state index in [0.717, 1.165) is 44.9 Å². The molecule has 1 N–H and O–H groups in total. The van der Waals surface area contributed by atoms with Crippen LogP contribution in [0.2, 0.25) is 0 Å². The maximum absolute atomic E-state index is 6.06. The number of rotatable bonds is 5. The first-order valence-corrected chi connectivity index (χ1v) is 12.1. The number of hydrogen-bond acceptors (Lipinski definition) is 6. The molecule has 39 heavy (non-hydrogen) atoms. The molecule has 3 aromatic heterocycles. The summed E-state index contributed by atoms with van der Waals surface area (Å²) in [5, 5.41) is 0. The fourth-order valence-corrected chi connectivity index (χ4v) is 4.89. The number of H-pyrrole nitrogens is 1. The van der Waals surface area contributed by atoms with E-state index in [1.165, 1.54) is 0 Å². The molecule has 0 aliphatic carbocycles. The minimum atomic E-state index is 0. The third-order valence-corrected chi connectivity index (χ3v) is 6.49. The summed E-state index contributed by atoms with van der Waals surface area (Å²) in [6, 6.07) is 17.8. The van der Waals surface area contributed by atoms with Gasteiger partial charge in [0.25, 0.3) is 0 Å². The van der Waals surface area contributed by atoms with Crippen molar-refractivity contribution < 1.29 is 35.8 Å². The van der Waals surface area contributed by atoms with Crippen molar-refractivity contribution >= 4 is 46.4 Å². The van der Waals surface area contributed by atoms with E-state index >= 15 is 0 Å². The monoisotopic (exact) mass is 565 g/mol. The Labute approximate surface area is 235 Å². The molecule has 9 heteroatoms. The number of methoxy groups -OCH3 is 3. The van der Waals surface area contributed by atoms with Crippen LogP contribution in [-0.4, -0.2) is 48.1 Å². The molecule has 0 saturated heterocycles. The quantitative estimate of drug-likeness (QED) is 0.281. The zero-order valence-electron chi connectivity index (χ0n) is 21.8. The van der Waals surface area contributed by atoms with Crippen LogP contribution >= 0.6 is 0 Å². The van der Waals surface area contributed by atoms with E-state index in [9.17, 15) is 0 Å². The van der Waals surface area contributed by atoms with Crippen LogP contribution in [0, 0.1) is 0 Å². The average Bonchev–Trinajstić information content (AvgIpc) is 3.72. The van der Waals surface area contributed by atoms with E-state index in [-0.39, 0.29) is 16.8 Å². The molecule has 0 unspecified atom stereocenters. The Kier molecular flexibility index (Phi) is 7.19. The van der Waals surface area contributed by atoms with E-state index < -0.39 is 0 Å². The predicted molar refractivity (Wildman–Crippen MR) is 150 cm³/mol. The summed E-state index contributed by atoms with van der Waals surface area (Å²) in [6.45, 7) is 0. The van der Waals surface area contributed by atoms with E-state index in [4.69, 9.17) is 29.0 Å². The molecule has 0 spiro atoms. The van der Waals surface area contributed by atoms with Gasteiger partial charge in [-0.05, 0) is 48.1 Å². The zero-order valence-corrected chi connectivity index (χ0v) is 22.9. The minimum absolute atomic E-state index is 0. The van der Waals surface area contributed by atoms with Gasteiger partial charge in [0.05, 0.1) is 55.2 Å². The first-order chi connectivity index (χ1) is 18.6. The fraction of sp³-hybridized carbons (Fsp3) is 0.133. The third-order valence-electron chi connectivity index (χ3n) is 6.49. The Morgan fingerprint density at radius 3 is 1.90 bits per heavy atom. The normalized spacial score (nSPS) is 11.7. The molecule has 4 aromatic rings. The molecule has 199 valence electrons. The fourth-order valence-electron chi connectivity index (χ4n) is 4.89. The van der Waals surface area contributed by atoms with Gasteiger partial charge in [-0.3, -0.25) is 0 Å². The van der Waals surface area contributed by atoms with Gasteiger partial charge in [-0.1, -0.05) is 30.3 Å². The van der Waals surface area contributed by atoms with Crippen molar-refractivity contribution in [1.29, 1.82) is 0 Å². The van der Waals surface area contributed by atoms with Crippen LogP contribution in [0.25, 0.3) is 57.5 Å². The van der Waals surface area contributed by atoms with Gasteiger partial charge in [0.2, 0.25) is 0 Å². The Morgan fingerprint density at radius 2 is 1.31 bits per heavy atom. The molecule has 1 aromatic carbocycles. The van der Waals surface area contributed by atoms with Crippen molar-refractivity contribution in [3.8, 4) is 28.4 Å². The Morgan fingerprint density at radius 1 is 0.692 bits per heavy atom. The van der Waals surface area contributed by atoms with Crippen molar-refractivity contribution in [2.45, 2.75) is 0 Å². The first kappa shape index (κ1) is 26.1. The maximum Gasteiger partial charge on any atom is 0.177 e. The van der Waals surface area contributed by atoms with E-state index in [1.54, 1.807) is 33.2 Å². The molecular weight excluding hydrogens is 539 g/mol. The Hall–Kier alpha value is -4.47. The number of nitrogens with zero attached hydrogens (tertiary/aromatic N) is 3. The molecule has 1 radical (unpaired) electrons. The van der Waals surface area contributed by atoms with Crippen LogP contribution in [0.1, 0.15) is 22.8 Å². The predicted octanol–water partition coefficient (Wildman–Crippen LogP) is 5.88. The summed E-state index contributed by atoms with van der Waals surface area (Å²) in [6.07, 6.45) is 7.87. The second-order valence-electron chi connectivity index (χ2n) is 8.71. The summed E-state index contributed by atoms with van der Waals surface area (Å²) in [5.41, 5.74) is 7.80. The van der Waals surface area contributed by atoms with Crippen LogP contribution in [-0.2, 0) is 16.8 Å². The van der Waals surface area contributed by atoms with Gasteiger partial charge in [-0.2, -0.15) is 4.73 Å².